The monoisotopic (exact) mass is 865 g/mol. The summed E-state index contributed by atoms with van der Waals surface area (Å²) in [6.07, 6.45) is 51.2. The summed E-state index contributed by atoms with van der Waals surface area (Å²) in [4.78, 5) is 35.5. The minimum Gasteiger partial charge on any atom is -0.462 e. The molecule has 0 aliphatic heterocycles. The lowest BCUT2D eigenvalue weighted by Gasteiger charge is -2.24. The van der Waals surface area contributed by atoms with Crippen LogP contribution in [0.4, 0.5) is 0 Å². The van der Waals surface area contributed by atoms with Crippen LogP contribution in [-0.4, -0.2) is 74.9 Å². The third-order valence-electron chi connectivity index (χ3n) is 10.0. The van der Waals surface area contributed by atoms with Gasteiger partial charge in [0.2, 0.25) is 0 Å². The highest BCUT2D eigenvalue weighted by Gasteiger charge is 2.27. The highest BCUT2D eigenvalue weighted by Crippen LogP contribution is 2.43. The fraction of sp³-hybridized carbons (Fsp3) is 0.760. The van der Waals surface area contributed by atoms with Gasteiger partial charge in [-0.3, -0.25) is 18.6 Å². The predicted molar refractivity (Wildman–Crippen MR) is 252 cm³/mol. The van der Waals surface area contributed by atoms with Crippen molar-refractivity contribution in [3.63, 3.8) is 0 Å². The Morgan fingerprint density at radius 2 is 0.950 bits per heavy atom. The lowest BCUT2D eigenvalue weighted by Crippen LogP contribution is -2.37. The van der Waals surface area contributed by atoms with Gasteiger partial charge in [0.15, 0.2) is 6.10 Å². The summed E-state index contributed by atoms with van der Waals surface area (Å²) in [7, 11) is 1.45. The van der Waals surface area contributed by atoms with Gasteiger partial charge in [-0.2, -0.15) is 0 Å². The second-order valence-electron chi connectivity index (χ2n) is 17.1. The van der Waals surface area contributed by atoms with E-state index in [1.165, 1.54) is 83.5 Å². The van der Waals surface area contributed by atoms with Crippen LogP contribution >= 0.6 is 7.82 Å². The van der Waals surface area contributed by atoms with Gasteiger partial charge < -0.3 is 18.9 Å². The van der Waals surface area contributed by atoms with Crippen LogP contribution in [0.1, 0.15) is 194 Å². The van der Waals surface area contributed by atoms with Crippen molar-refractivity contribution in [3.8, 4) is 0 Å². The topological polar surface area (TPSA) is 108 Å². The average molecular weight is 865 g/mol. The van der Waals surface area contributed by atoms with Gasteiger partial charge in [-0.05, 0) is 77.0 Å². The van der Waals surface area contributed by atoms with Crippen molar-refractivity contribution in [1.29, 1.82) is 0 Å². The Morgan fingerprint density at radius 1 is 0.533 bits per heavy atom. The second kappa shape index (κ2) is 42.0. The first kappa shape index (κ1) is 57.7. The van der Waals surface area contributed by atoms with Crippen molar-refractivity contribution in [1.82, 2.24) is 0 Å². The van der Waals surface area contributed by atoms with Crippen molar-refractivity contribution >= 4 is 19.8 Å². The maximum absolute atomic E-state index is 12.7. The first-order valence-corrected chi connectivity index (χ1v) is 25.5. The van der Waals surface area contributed by atoms with Gasteiger partial charge in [0, 0.05) is 12.8 Å². The standard InChI is InChI=1S/C50H90NO8P/c1-6-8-10-12-14-16-18-20-22-24-25-27-29-31-33-35-37-39-41-43-50(53)59-48(47-58-60(54,55)57-45-44-51(3,4)5)46-56-49(52)42-40-38-36-34-32-30-28-26-23-21-19-17-15-13-11-9-7-2/h9,11,15,17,20-23,28,30,48H,6-8,10,12-14,16,18-19,24-27,29,31-47H2,1-5H3/p+1/b11-9-,17-15-,22-20-,23-21-,30-28-/t48-/m1/s1. The number of nitrogens with zero attached hydrogens (tertiary/aromatic N) is 1. The molecule has 0 aliphatic rings. The molecular weight excluding hydrogens is 774 g/mol. The Bertz CT molecular complexity index is 1210. The molecule has 0 fully saturated rings. The van der Waals surface area contributed by atoms with E-state index < -0.39 is 32.5 Å². The van der Waals surface area contributed by atoms with E-state index in [0.29, 0.717) is 23.9 Å². The molecular formula is C50H91NO8P+. The van der Waals surface area contributed by atoms with Crippen LogP contribution in [0, 0.1) is 0 Å². The number of hydrogen-bond acceptors (Lipinski definition) is 7. The molecule has 0 aromatic carbocycles. The summed E-state index contributed by atoms with van der Waals surface area (Å²) in [5.41, 5.74) is 0. The number of ether oxygens (including phenoxy) is 2. The molecule has 0 aromatic heterocycles. The molecule has 10 heteroatoms. The maximum Gasteiger partial charge on any atom is 0.472 e. The van der Waals surface area contributed by atoms with E-state index in [0.717, 1.165) is 70.6 Å². The second-order valence-corrected chi connectivity index (χ2v) is 18.6. The molecule has 0 heterocycles. The number of quaternary nitrogens is 1. The first-order chi connectivity index (χ1) is 29.0. The fourth-order valence-corrected chi connectivity index (χ4v) is 7.04. The van der Waals surface area contributed by atoms with Gasteiger partial charge in [0.05, 0.1) is 27.7 Å². The molecule has 0 radical (unpaired) electrons. The minimum atomic E-state index is -4.39. The zero-order valence-electron chi connectivity index (χ0n) is 39.2. The highest BCUT2D eigenvalue weighted by atomic mass is 31.2. The molecule has 1 N–H and O–H groups in total. The van der Waals surface area contributed by atoms with Gasteiger partial charge in [-0.15, -0.1) is 0 Å². The fourth-order valence-electron chi connectivity index (χ4n) is 6.29. The Balaban J connectivity index is 4.34. The van der Waals surface area contributed by atoms with Gasteiger partial charge >= 0.3 is 19.8 Å². The van der Waals surface area contributed by atoms with Crippen LogP contribution in [0.25, 0.3) is 0 Å². The molecule has 0 aliphatic carbocycles. The summed E-state index contributed by atoms with van der Waals surface area (Å²) in [5, 5.41) is 0. The number of rotatable bonds is 43. The Labute approximate surface area is 368 Å². The zero-order chi connectivity index (χ0) is 44.3. The first-order valence-electron chi connectivity index (χ1n) is 24.0. The van der Waals surface area contributed by atoms with Gasteiger partial charge in [-0.25, -0.2) is 4.57 Å². The smallest absolute Gasteiger partial charge is 0.462 e. The molecule has 348 valence electrons. The molecule has 0 saturated carbocycles. The molecule has 1 unspecified atom stereocenters. The SMILES string of the molecule is CC/C=C\C/C=C\C/C=C\C/C=C\CCCCCCC(=O)OC[C@H](COP(=O)(O)OCC[N+](C)(C)C)OC(=O)CCCCCCCCCCC/C=C\CCCCCCCC. The third-order valence-corrected chi connectivity index (χ3v) is 11.0. The van der Waals surface area contributed by atoms with E-state index in [2.05, 4.69) is 74.6 Å². The Morgan fingerprint density at radius 3 is 1.43 bits per heavy atom. The van der Waals surface area contributed by atoms with Crippen LogP contribution in [0.15, 0.2) is 60.8 Å². The number of likely N-dealkylation sites (N-methyl/N-ethyl adjacent to an activating group) is 1. The highest BCUT2D eigenvalue weighted by molar-refractivity contribution is 7.47. The number of hydrogen-bond donors (Lipinski definition) is 1. The summed E-state index contributed by atoms with van der Waals surface area (Å²) in [6.45, 7) is 4.28. The van der Waals surface area contributed by atoms with Crippen LogP contribution in [0.2, 0.25) is 0 Å². The number of unbranched alkanes of at least 4 members (excludes halogenated alkanes) is 19. The van der Waals surface area contributed by atoms with Gasteiger partial charge in [0.1, 0.15) is 19.8 Å². The molecule has 0 spiro atoms. The lowest BCUT2D eigenvalue weighted by atomic mass is 10.1. The number of carbonyl (C=O) groups is 2. The average Bonchev–Trinajstić information content (AvgIpc) is 3.20. The van der Waals surface area contributed by atoms with Crippen LogP contribution < -0.4 is 0 Å². The maximum atomic E-state index is 12.7. The van der Waals surface area contributed by atoms with Crippen molar-refractivity contribution in [2.45, 2.75) is 200 Å². The van der Waals surface area contributed by atoms with E-state index in [1.54, 1.807) is 0 Å². The van der Waals surface area contributed by atoms with Crippen molar-refractivity contribution in [2.75, 3.05) is 47.5 Å². The van der Waals surface area contributed by atoms with E-state index >= 15 is 0 Å². The molecule has 0 rings (SSSR count). The van der Waals surface area contributed by atoms with Crippen LogP contribution in [-0.2, 0) is 32.7 Å². The van der Waals surface area contributed by atoms with Crippen molar-refractivity contribution in [3.05, 3.63) is 60.8 Å². The molecule has 0 aromatic rings. The number of esters is 2. The largest absolute Gasteiger partial charge is 0.472 e. The molecule has 60 heavy (non-hydrogen) atoms. The van der Waals surface area contributed by atoms with E-state index in [4.69, 9.17) is 18.5 Å². The number of allylic oxidation sites excluding steroid dienone is 10. The normalized spacial score (nSPS) is 14.0. The van der Waals surface area contributed by atoms with E-state index in [1.807, 2.05) is 21.1 Å². The van der Waals surface area contributed by atoms with Gasteiger partial charge in [-0.1, -0.05) is 164 Å². The Hall–Kier alpha value is -2.29. The number of phosphoric acid groups is 1. The summed E-state index contributed by atoms with van der Waals surface area (Å²) in [6, 6.07) is 0. The molecule has 2 atom stereocenters. The third kappa shape index (κ3) is 45.2. The molecule has 0 bridgehead atoms. The zero-order valence-corrected chi connectivity index (χ0v) is 40.1. The van der Waals surface area contributed by atoms with E-state index in [-0.39, 0.29) is 26.1 Å². The predicted octanol–water partition coefficient (Wildman–Crippen LogP) is 14.0. The lowest BCUT2D eigenvalue weighted by molar-refractivity contribution is -0.870. The molecule has 0 saturated heterocycles. The van der Waals surface area contributed by atoms with Crippen molar-refractivity contribution in [2.24, 2.45) is 0 Å². The van der Waals surface area contributed by atoms with E-state index in [9.17, 15) is 19.0 Å². The summed E-state index contributed by atoms with van der Waals surface area (Å²) < 4.78 is 34.4. The van der Waals surface area contributed by atoms with Crippen molar-refractivity contribution < 1.29 is 42.1 Å². The summed E-state index contributed by atoms with van der Waals surface area (Å²) in [5.74, 6) is -0.829. The number of phosphoric ester groups is 1. The van der Waals surface area contributed by atoms with Crippen LogP contribution in [0.5, 0.6) is 0 Å². The number of carbonyl (C=O) groups excluding carboxylic acids is 2. The molecule has 9 nitrogen and oxygen atoms in total. The summed E-state index contributed by atoms with van der Waals surface area (Å²) >= 11 is 0. The van der Waals surface area contributed by atoms with Gasteiger partial charge in [0.25, 0.3) is 0 Å². The molecule has 0 amide bonds. The van der Waals surface area contributed by atoms with Crippen LogP contribution in [0.3, 0.4) is 0 Å². The minimum absolute atomic E-state index is 0.0250. The Kier molecular flexibility index (Phi) is 40.4. The quantitative estimate of drug-likeness (QED) is 0.0212.